The molecule has 1 saturated heterocycles. The molecule has 1 aliphatic rings. The molecule has 0 atom stereocenters. The van der Waals surface area contributed by atoms with E-state index in [1.165, 1.54) is 0 Å². The summed E-state index contributed by atoms with van der Waals surface area (Å²) in [6, 6.07) is 5.40. The van der Waals surface area contributed by atoms with Gasteiger partial charge < -0.3 is 10.1 Å². The van der Waals surface area contributed by atoms with Gasteiger partial charge in [-0.25, -0.2) is 23.7 Å². The molecular formula is C24H27F2N5O2S. The van der Waals surface area contributed by atoms with Gasteiger partial charge in [0.15, 0.2) is 0 Å². The van der Waals surface area contributed by atoms with Gasteiger partial charge in [0.25, 0.3) is 12.3 Å². The van der Waals surface area contributed by atoms with E-state index in [-0.39, 0.29) is 18.6 Å². The molecule has 10 heteroatoms. The molecule has 2 aromatic heterocycles. The largest absolute Gasteiger partial charge is 0.490 e. The molecule has 0 spiro atoms. The summed E-state index contributed by atoms with van der Waals surface area (Å²) in [5.74, 6) is 0.997. The third-order valence-corrected chi connectivity index (χ3v) is 6.52. The molecule has 3 heterocycles. The summed E-state index contributed by atoms with van der Waals surface area (Å²) in [6.07, 6.45) is 4.05. The number of ether oxygens (including phenoxy) is 1. The Labute approximate surface area is 201 Å². The number of nitrogens with one attached hydrogen (secondary N) is 1. The van der Waals surface area contributed by atoms with E-state index in [1.807, 2.05) is 13.0 Å². The average molecular weight is 488 g/mol. The third kappa shape index (κ3) is 6.54. The monoisotopic (exact) mass is 487 g/mol. The Kier molecular flexibility index (Phi) is 7.79. The van der Waals surface area contributed by atoms with Crippen LogP contribution in [0.2, 0.25) is 0 Å². The lowest BCUT2D eigenvalue weighted by Crippen LogP contribution is -2.40. The van der Waals surface area contributed by atoms with Gasteiger partial charge >= 0.3 is 0 Å². The van der Waals surface area contributed by atoms with Gasteiger partial charge in [0.2, 0.25) is 0 Å². The quantitative estimate of drug-likeness (QED) is 0.512. The zero-order valence-electron chi connectivity index (χ0n) is 19.1. The maximum absolute atomic E-state index is 13.0. The molecule has 180 valence electrons. The number of thiazole rings is 1. The second-order valence-corrected chi connectivity index (χ2v) is 9.59. The molecule has 0 radical (unpaired) electrons. The fourth-order valence-corrected chi connectivity index (χ4v) is 4.55. The molecule has 0 bridgehead atoms. The number of hydrogen-bond donors (Lipinski definition) is 1. The summed E-state index contributed by atoms with van der Waals surface area (Å²) in [6.45, 7) is 5.00. The molecule has 1 aliphatic heterocycles. The van der Waals surface area contributed by atoms with E-state index >= 15 is 0 Å². The minimum absolute atomic E-state index is 0.0946. The summed E-state index contributed by atoms with van der Waals surface area (Å²) in [5, 5.41) is 3.71. The van der Waals surface area contributed by atoms with Gasteiger partial charge in [-0.3, -0.25) is 9.69 Å². The van der Waals surface area contributed by atoms with Crippen LogP contribution in [0.4, 0.5) is 8.78 Å². The van der Waals surface area contributed by atoms with Crippen molar-refractivity contribution in [3.05, 3.63) is 58.6 Å². The number of halogens is 2. The summed E-state index contributed by atoms with van der Waals surface area (Å²) >= 11 is 1.54. The lowest BCUT2D eigenvalue weighted by atomic mass is 10.1. The van der Waals surface area contributed by atoms with Crippen molar-refractivity contribution < 1.29 is 18.3 Å². The Morgan fingerprint density at radius 3 is 2.53 bits per heavy atom. The molecule has 1 N–H and O–H groups in total. The van der Waals surface area contributed by atoms with E-state index in [9.17, 15) is 13.6 Å². The van der Waals surface area contributed by atoms with Crippen LogP contribution in [0.1, 0.15) is 39.5 Å². The Morgan fingerprint density at radius 2 is 1.88 bits per heavy atom. The summed E-state index contributed by atoms with van der Waals surface area (Å²) in [7, 11) is 0. The van der Waals surface area contributed by atoms with Gasteiger partial charge in [0.1, 0.15) is 22.7 Å². The number of amides is 1. The van der Waals surface area contributed by atoms with Crippen LogP contribution in [0, 0.1) is 13.8 Å². The number of aromatic nitrogens is 3. The third-order valence-electron chi connectivity index (χ3n) is 5.56. The van der Waals surface area contributed by atoms with Gasteiger partial charge in [-0.2, -0.15) is 0 Å². The first-order valence-electron chi connectivity index (χ1n) is 11.2. The van der Waals surface area contributed by atoms with Crippen molar-refractivity contribution in [2.75, 3.05) is 19.6 Å². The molecule has 0 unspecified atom stereocenters. The lowest BCUT2D eigenvalue weighted by Gasteiger charge is -2.32. The number of alkyl halides is 2. The number of carbonyl (C=O) groups is 1. The minimum atomic E-state index is -2.33. The lowest BCUT2D eigenvalue weighted by molar-refractivity contribution is 0.0478. The van der Waals surface area contributed by atoms with Crippen molar-refractivity contribution in [1.82, 2.24) is 25.2 Å². The first-order chi connectivity index (χ1) is 16.4. The molecule has 1 aromatic carbocycles. The van der Waals surface area contributed by atoms with Crippen molar-refractivity contribution in [2.45, 2.75) is 45.8 Å². The number of rotatable bonds is 8. The summed E-state index contributed by atoms with van der Waals surface area (Å²) in [5.41, 5.74) is 2.07. The fraction of sp³-hybridized carbons (Fsp3) is 0.417. The van der Waals surface area contributed by atoms with Crippen molar-refractivity contribution in [1.29, 1.82) is 0 Å². The molecule has 34 heavy (non-hydrogen) atoms. The van der Waals surface area contributed by atoms with Crippen LogP contribution in [0.5, 0.6) is 5.75 Å². The van der Waals surface area contributed by atoms with Gasteiger partial charge in [-0.1, -0.05) is 0 Å². The van der Waals surface area contributed by atoms with Crippen LogP contribution in [0.25, 0.3) is 10.6 Å². The smallest absolute Gasteiger partial charge is 0.251 e. The zero-order valence-corrected chi connectivity index (χ0v) is 19.9. The van der Waals surface area contributed by atoms with Crippen LogP contribution in [0.3, 0.4) is 0 Å². The predicted molar refractivity (Wildman–Crippen MR) is 126 cm³/mol. The highest BCUT2D eigenvalue weighted by Gasteiger charge is 2.23. The van der Waals surface area contributed by atoms with Crippen LogP contribution < -0.4 is 10.1 Å². The normalized spacial score (nSPS) is 15.0. The highest BCUT2D eigenvalue weighted by Crippen LogP contribution is 2.31. The molecule has 3 aromatic rings. The Balaban J connectivity index is 1.49. The van der Waals surface area contributed by atoms with Crippen molar-refractivity contribution in [3.63, 3.8) is 0 Å². The predicted octanol–water partition coefficient (Wildman–Crippen LogP) is 4.26. The summed E-state index contributed by atoms with van der Waals surface area (Å²) < 4.78 is 31.5. The van der Waals surface area contributed by atoms with Gasteiger partial charge in [-0.15, -0.1) is 11.3 Å². The number of aryl methyl sites for hydroxylation is 2. The average Bonchev–Trinajstić information content (AvgIpc) is 3.25. The van der Waals surface area contributed by atoms with E-state index in [0.717, 1.165) is 21.0 Å². The van der Waals surface area contributed by atoms with E-state index < -0.39 is 6.43 Å². The number of likely N-dealkylation sites (tertiary alicyclic amines) is 1. The number of nitrogens with zero attached hydrogens (tertiary/aromatic N) is 4. The number of carbonyl (C=O) groups excluding carboxylic acids is 1. The first-order valence-corrected chi connectivity index (χ1v) is 12.0. The highest BCUT2D eigenvalue weighted by atomic mass is 32.1. The molecule has 0 aliphatic carbocycles. The second kappa shape index (κ2) is 11.0. The number of hydrogen-bond acceptors (Lipinski definition) is 7. The van der Waals surface area contributed by atoms with Crippen molar-refractivity contribution in [3.8, 4) is 16.3 Å². The second-order valence-electron chi connectivity index (χ2n) is 8.35. The molecule has 1 amide bonds. The van der Waals surface area contributed by atoms with Crippen LogP contribution in [0.15, 0.2) is 36.8 Å². The SMILES string of the molecule is Cc1ncc(CNC(=O)c2cc(OC3CCN(CC(F)F)CC3)cc(-c3ncc(C)s3)c2)cn1. The molecule has 1 fully saturated rings. The van der Waals surface area contributed by atoms with Crippen molar-refractivity contribution in [2.24, 2.45) is 0 Å². The maximum Gasteiger partial charge on any atom is 0.251 e. The van der Waals surface area contributed by atoms with E-state index in [2.05, 4.69) is 20.3 Å². The standard InChI is InChI=1S/C24H27F2N5O2S/c1-15-10-30-24(34-15)19-7-18(23(32)29-13-17-11-27-16(2)28-12-17)8-21(9-19)33-20-3-5-31(6-4-20)14-22(25)26/h7-12,20,22H,3-6,13-14H2,1-2H3,(H,29,32). The maximum atomic E-state index is 13.0. The van der Waals surface area contributed by atoms with Gasteiger partial charge in [0, 0.05) is 59.8 Å². The number of benzene rings is 1. The Bertz CT molecular complexity index is 1110. The van der Waals surface area contributed by atoms with Crippen LogP contribution in [-0.4, -0.2) is 57.9 Å². The Morgan fingerprint density at radius 1 is 1.15 bits per heavy atom. The van der Waals surface area contributed by atoms with Crippen LogP contribution >= 0.6 is 11.3 Å². The fourth-order valence-electron chi connectivity index (χ4n) is 3.80. The Hall–Kier alpha value is -2.98. The molecule has 7 nitrogen and oxygen atoms in total. The van der Waals surface area contributed by atoms with E-state index in [1.54, 1.807) is 53.9 Å². The minimum Gasteiger partial charge on any atom is -0.490 e. The van der Waals surface area contributed by atoms with Gasteiger partial charge in [0.05, 0.1) is 6.54 Å². The molecular weight excluding hydrogens is 460 g/mol. The van der Waals surface area contributed by atoms with Crippen LogP contribution in [-0.2, 0) is 6.54 Å². The zero-order chi connectivity index (χ0) is 24.1. The van der Waals surface area contributed by atoms with Gasteiger partial charge in [-0.05, 0) is 44.9 Å². The number of piperidine rings is 1. The van der Waals surface area contributed by atoms with E-state index in [0.29, 0.717) is 49.6 Å². The van der Waals surface area contributed by atoms with Crippen molar-refractivity contribution >= 4 is 17.2 Å². The first kappa shape index (κ1) is 24.2. The highest BCUT2D eigenvalue weighted by molar-refractivity contribution is 7.14. The summed E-state index contributed by atoms with van der Waals surface area (Å²) in [4.78, 5) is 28.5. The molecule has 4 rings (SSSR count). The van der Waals surface area contributed by atoms with E-state index in [4.69, 9.17) is 4.74 Å². The molecule has 0 saturated carbocycles. The topological polar surface area (TPSA) is 80.2 Å².